The summed E-state index contributed by atoms with van der Waals surface area (Å²) < 4.78 is 2.33. The molecule has 4 heterocycles. The smallest absolute Gasteiger partial charge is 0.225 e. The van der Waals surface area contributed by atoms with Gasteiger partial charge in [-0.15, -0.1) is 10.2 Å². The number of aryl methyl sites for hydroxylation is 2. The Balaban J connectivity index is 1.57. The number of anilines is 1. The first kappa shape index (κ1) is 15.5. The highest BCUT2D eigenvalue weighted by molar-refractivity contribution is 5.34. The van der Waals surface area contributed by atoms with Crippen molar-refractivity contribution in [2.24, 2.45) is 0 Å². The average Bonchev–Trinajstić information content (AvgIpc) is 2.97. The van der Waals surface area contributed by atoms with Gasteiger partial charge < -0.3 is 9.47 Å². The third kappa shape index (κ3) is 2.88. The summed E-state index contributed by atoms with van der Waals surface area (Å²) >= 11 is 0. The van der Waals surface area contributed by atoms with Crippen molar-refractivity contribution in [3.8, 4) is 0 Å². The predicted molar refractivity (Wildman–Crippen MR) is 92.1 cm³/mol. The SMILES string of the molecule is Cc1cc(C)nc(N2CCC[C@@H](c3nnc4n3CCN(C)C4)C2)n1. The van der Waals surface area contributed by atoms with Crippen molar-refractivity contribution in [1.82, 2.24) is 29.6 Å². The van der Waals surface area contributed by atoms with E-state index < -0.39 is 0 Å². The molecule has 0 radical (unpaired) electrons. The van der Waals surface area contributed by atoms with Crippen LogP contribution in [0.3, 0.4) is 0 Å². The molecule has 0 aromatic carbocycles. The molecule has 4 rings (SSSR count). The molecule has 2 aromatic rings. The fourth-order valence-electron chi connectivity index (χ4n) is 3.82. The van der Waals surface area contributed by atoms with Gasteiger partial charge in [0.05, 0.1) is 6.54 Å². The number of fused-ring (bicyclic) bond motifs is 1. The minimum atomic E-state index is 0.410. The second-order valence-corrected chi connectivity index (χ2v) is 7.10. The number of piperidine rings is 1. The zero-order chi connectivity index (χ0) is 16.7. The maximum absolute atomic E-state index is 4.64. The second kappa shape index (κ2) is 6.12. The standard InChI is InChI=1S/C17H25N7/c1-12-9-13(2)19-17(18-12)23-6-4-5-14(10-23)16-21-20-15-11-22(3)7-8-24(15)16/h9,14H,4-8,10-11H2,1-3H3/t14-/m1/s1. The molecule has 1 fully saturated rings. The van der Waals surface area contributed by atoms with Crippen LogP contribution in [-0.2, 0) is 13.1 Å². The lowest BCUT2D eigenvalue weighted by Crippen LogP contribution is -2.38. The zero-order valence-corrected chi connectivity index (χ0v) is 14.7. The average molecular weight is 327 g/mol. The molecule has 128 valence electrons. The Kier molecular flexibility index (Phi) is 3.96. The van der Waals surface area contributed by atoms with E-state index >= 15 is 0 Å². The Morgan fingerprint density at radius 3 is 2.62 bits per heavy atom. The van der Waals surface area contributed by atoms with Crippen LogP contribution in [0.1, 0.15) is 41.8 Å². The van der Waals surface area contributed by atoms with Gasteiger partial charge in [-0.2, -0.15) is 0 Å². The van der Waals surface area contributed by atoms with Gasteiger partial charge in [-0.1, -0.05) is 0 Å². The summed E-state index contributed by atoms with van der Waals surface area (Å²) in [5.41, 5.74) is 2.06. The Morgan fingerprint density at radius 2 is 1.83 bits per heavy atom. The van der Waals surface area contributed by atoms with Crippen LogP contribution in [0.2, 0.25) is 0 Å². The first-order chi connectivity index (χ1) is 11.6. The minimum Gasteiger partial charge on any atom is -0.340 e. The van der Waals surface area contributed by atoms with Crippen molar-refractivity contribution in [1.29, 1.82) is 0 Å². The largest absolute Gasteiger partial charge is 0.340 e. The fourth-order valence-corrected chi connectivity index (χ4v) is 3.82. The van der Waals surface area contributed by atoms with Gasteiger partial charge in [0, 0.05) is 43.5 Å². The van der Waals surface area contributed by atoms with Crippen molar-refractivity contribution in [3.05, 3.63) is 29.1 Å². The Morgan fingerprint density at radius 1 is 1.04 bits per heavy atom. The molecule has 2 aliphatic heterocycles. The van der Waals surface area contributed by atoms with Crippen molar-refractivity contribution >= 4 is 5.95 Å². The van der Waals surface area contributed by atoms with Crippen LogP contribution in [0, 0.1) is 13.8 Å². The Bertz CT molecular complexity index is 718. The first-order valence-electron chi connectivity index (χ1n) is 8.78. The van der Waals surface area contributed by atoms with Crippen LogP contribution < -0.4 is 4.90 Å². The van der Waals surface area contributed by atoms with Crippen LogP contribution >= 0.6 is 0 Å². The van der Waals surface area contributed by atoms with E-state index in [-0.39, 0.29) is 0 Å². The number of aromatic nitrogens is 5. The van der Waals surface area contributed by atoms with E-state index in [4.69, 9.17) is 0 Å². The topological polar surface area (TPSA) is 63.0 Å². The molecule has 7 nitrogen and oxygen atoms in total. The molecule has 7 heteroatoms. The summed E-state index contributed by atoms with van der Waals surface area (Å²) in [6.07, 6.45) is 2.30. The zero-order valence-electron chi connectivity index (χ0n) is 14.7. The highest BCUT2D eigenvalue weighted by Crippen LogP contribution is 2.29. The summed E-state index contributed by atoms with van der Waals surface area (Å²) in [4.78, 5) is 13.9. The van der Waals surface area contributed by atoms with Gasteiger partial charge in [0.15, 0.2) is 0 Å². The number of likely N-dealkylation sites (N-methyl/N-ethyl adjacent to an activating group) is 1. The van der Waals surface area contributed by atoms with Crippen LogP contribution in [-0.4, -0.2) is 56.3 Å². The predicted octanol–water partition coefficient (Wildman–Crippen LogP) is 1.51. The second-order valence-electron chi connectivity index (χ2n) is 7.10. The van der Waals surface area contributed by atoms with E-state index in [1.165, 1.54) is 0 Å². The normalized spacial score (nSPS) is 21.8. The molecule has 0 unspecified atom stereocenters. The lowest BCUT2D eigenvalue weighted by molar-refractivity contribution is 0.259. The molecule has 0 bridgehead atoms. The third-order valence-electron chi connectivity index (χ3n) is 5.01. The number of hydrogen-bond acceptors (Lipinski definition) is 6. The van der Waals surface area contributed by atoms with Crippen molar-refractivity contribution in [2.45, 2.75) is 45.7 Å². The molecule has 0 amide bonds. The maximum Gasteiger partial charge on any atom is 0.225 e. The molecule has 2 aromatic heterocycles. The van der Waals surface area contributed by atoms with E-state index in [0.29, 0.717) is 5.92 Å². The quantitative estimate of drug-likeness (QED) is 0.833. The molecule has 0 spiro atoms. The molecule has 1 saturated heterocycles. The minimum absolute atomic E-state index is 0.410. The highest BCUT2D eigenvalue weighted by Gasteiger charge is 2.29. The van der Waals surface area contributed by atoms with E-state index in [2.05, 4.69) is 41.6 Å². The summed E-state index contributed by atoms with van der Waals surface area (Å²) in [6.45, 7) is 8.96. The van der Waals surface area contributed by atoms with Gasteiger partial charge in [-0.05, 0) is 39.8 Å². The molecule has 24 heavy (non-hydrogen) atoms. The summed E-state index contributed by atoms with van der Waals surface area (Å²) in [7, 11) is 2.14. The lowest BCUT2D eigenvalue weighted by Gasteiger charge is -2.33. The van der Waals surface area contributed by atoms with Gasteiger partial charge in [0.2, 0.25) is 5.95 Å². The van der Waals surface area contributed by atoms with E-state index in [1.54, 1.807) is 0 Å². The van der Waals surface area contributed by atoms with Crippen LogP contribution in [0.5, 0.6) is 0 Å². The lowest BCUT2D eigenvalue weighted by atomic mass is 9.97. The van der Waals surface area contributed by atoms with Crippen LogP contribution in [0.25, 0.3) is 0 Å². The number of hydrogen-bond donors (Lipinski definition) is 0. The van der Waals surface area contributed by atoms with Gasteiger partial charge >= 0.3 is 0 Å². The van der Waals surface area contributed by atoms with E-state index in [9.17, 15) is 0 Å². The number of rotatable bonds is 2. The van der Waals surface area contributed by atoms with Gasteiger partial charge in [0.25, 0.3) is 0 Å². The number of nitrogens with zero attached hydrogens (tertiary/aromatic N) is 7. The van der Waals surface area contributed by atoms with Crippen molar-refractivity contribution in [3.63, 3.8) is 0 Å². The van der Waals surface area contributed by atoms with Gasteiger partial charge in [-0.3, -0.25) is 4.90 Å². The van der Waals surface area contributed by atoms with Gasteiger partial charge in [-0.25, -0.2) is 9.97 Å². The monoisotopic (exact) mass is 327 g/mol. The van der Waals surface area contributed by atoms with E-state index in [1.807, 2.05) is 19.9 Å². The fraction of sp³-hybridized carbons (Fsp3) is 0.647. The highest BCUT2D eigenvalue weighted by atomic mass is 15.3. The molecule has 0 saturated carbocycles. The summed E-state index contributed by atoms with van der Waals surface area (Å²) in [5, 5.41) is 8.97. The molecular weight excluding hydrogens is 302 g/mol. The summed E-state index contributed by atoms with van der Waals surface area (Å²) in [6, 6.07) is 2.02. The Labute approximate surface area is 142 Å². The van der Waals surface area contributed by atoms with Gasteiger partial charge in [0.1, 0.15) is 11.6 Å². The van der Waals surface area contributed by atoms with Crippen LogP contribution in [0.15, 0.2) is 6.07 Å². The van der Waals surface area contributed by atoms with Crippen molar-refractivity contribution in [2.75, 3.05) is 31.6 Å². The molecule has 2 aliphatic rings. The maximum atomic E-state index is 4.64. The third-order valence-corrected chi connectivity index (χ3v) is 5.01. The van der Waals surface area contributed by atoms with Crippen molar-refractivity contribution < 1.29 is 0 Å². The molecule has 1 atom stereocenters. The first-order valence-corrected chi connectivity index (χ1v) is 8.78. The molecule has 0 N–H and O–H groups in total. The van der Waals surface area contributed by atoms with E-state index in [0.717, 1.165) is 74.6 Å². The Hall–Kier alpha value is -2.02. The molecule has 0 aliphatic carbocycles. The molecular formula is C17H25N7. The summed E-state index contributed by atoms with van der Waals surface area (Å²) in [5.74, 6) is 3.51. The van der Waals surface area contributed by atoms with Crippen LogP contribution in [0.4, 0.5) is 5.95 Å².